The summed E-state index contributed by atoms with van der Waals surface area (Å²) in [5.74, 6) is 0.946. The van der Waals surface area contributed by atoms with Gasteiger partial charge in [0, 0.05) is 23.8 Å². The molecule has 1 aliphatic heterocycles. The van der Waals surface area contributed by atoms with Crippen molar-refractivity contribution in [1.82, 2.24) is 5.32 Å². The van der Waals surface area contributed by atoms with Crippen molar-refractivity contribution in [3.63, 3.8) is 0 Å². The van der Waals surface area contributed by atoms with Gasteiger partial charge < -0.3 is 10.1 Å². The Hall–Kier alpha value is -1.02. The average Bonchev–Trinajstić information content (AvgIpc) is 2.96. The molecule has 0 saturated carbocycles. The van der Waals surface area contributed by atoms with Crippen LogP contribution in [-0.2, 0) is 11.3 Å². The first kappa shape index (κ1) is 14.4. The van der Waals surface area contributed by atoms with Crippen molar-refractivity contribution in [3.8, 4) is 6.07 Å². The fraction of sp³-hybridized carbons (Fsp3) is 0.533. The summed E-state index contributed by atoms with van der Waals surface area (Å²) in [5.41, 5.74) is 1.94. The van der Waals surface area contributed by atoms with Gasteiger partial charge in [-0.1, -0.05) is 13.0 Å². The summed E-state index contributed by atoms with van der Waals surface area (Å²) in [6, 6.07) is 8.44. The van der Waals surface area contributed by atoms with Crippen molar-refractivity contribution in [2.45, 2.75) is 37.3 Å². The molecule has 102 valence electrons. The fourth-order valence-corrected chi connectivity index (χ4v) is 3.18. The summed E-state index contributed by atoms with van der Waals surface area (Å²) >= 11 is 1.73. The van der Waals surface area contributed by atoms with Crippen LogP contribution >= 0.6 is 11.8 Å². The molecule has 3 nitrogen and oxygen atoms in total. The number of benzene rings is 1. The minimum absolute atomic E-state index is 0.359. The third-order valence-corrected chi connectivity index (χ3v) is 4.40. The van der Waals surface area contributed by atoms with E-state index in [2.05, 4.69) is 30.4 Å². The lowest BCUT2D eigenvalue weighted by Gasteiger charge is -2.10. The van der Waals surface area contributed by atoms with Gasteiger partial charge in [0.25, 0.3) is 0 Å². The number of nitrogens with one attached hydrogen (secondary N) is 1. The van der Waals surface area contributed by atoms with E-state index < -0.39 is 0 Å². The van der Waals surface area contributed by atoms with E-state index in [4.69, 9.17) is 4.74 Å². The molecule has 2 rings (SSSR count). The molecular formula is C15H20N2OS. The number of nitriles is 1. The van der Waals surface area contributed by atoms with Gasteiger partial charge in [0.2, 0.25) is 0 Å². The van der Waals surface area contributed by atoms with Crippen LogP contribution in [-0.4, -0.2) is 25.0 Å². The molecule has 0 amide bonds. The van der Waals surface area contributed by atoms with Crippen LogP contribution in [0.15, 0.2) is 23.1 Å². The van der Waals surface area contributed by atoms with Crippen molar-refractivity contribution in [2.24, 2.45) is 0 Å². The predicted molar refractivity (Wildman–Crippen MR) is 78.2 cm³/mol. The highest BCUT2D eigenvalue weighted by molar-refractivity contribution is 7.99. The molecule has 1 aromatic carbocycles. The molecule has 1 aromatic rings. The van der Waals surface area contributed by atoms with Crippen LogP contribution in [0.3, 0.4) is 0 Å². The van der Waals surface area contributed by atoms with Crippen LogP contribution in [0.5, 0.6) is 0 Å². The van der Waals surface area contributed by atoms with E-state index in [1.54, 1.807) is 11.8 Å². The van der Waals surface area contributed by atoms with E-state index in [1.807, 2.05) is 6.07 Å². The summed E-state index contributed by atoms with van der Waals surface area (Å²) in [5, 5.41) is 12.5. The molecule has 1 heterocycles. The van der Waals surface area contributed by atoms with Crippen molar-refractivity contribution in [2.75, 3.05) is 18.9 Å². The molecule has 0 bridgehead atoms. The second-order valence-electron chi connectivity index (χ2n) is 4.67. The maximum Gasteiger partial charge on any atom is 0.100 e. The number of thioether (sulfide) groups is 1. The predicted octanol–water partition coefficient (Wildman–Crippen LogP) is 2.94. The number of rotatable bonds is 6. The minimum atomic E-state index is 0.359. The first-order valence-corrected chi connectivity index (χ1v) is 7.80. The molecule has 19 heavy (non-hydrogen) atoms. The summed E-state index contributed by atoms with van der Waals surface area (Å²) in [7, 11) is 0. The number of nitrogens with zero attached hydrogens (tertiary/aromatic N) is 1. The monoisotopic (exact) mass is 276 g/mol. The first-order valence-electron chi connectivity index (χ1n) is 6.81. The minimum Gasteiger partial charge on any atom is -0.377 e. The highest BCUT2D eigenvalue weighted by Gasteiger charge is 2.16. The van der Waals surface area contributed by atoms with Crippen molar-refractivity contribution in [1.29, 1.82) is 5.26 Å². The van der Waals surface area contributed by atoms with E-state index in [1.165, 1.54) is 5.56 Å². The zero-order valence-electron chi connectivity index (χ0n) is 11.3. The Balaban J connectivity index is 1.97. The largest absolute Gasteiger partial charge is 0.377 e. The van der Waals surface area contributed by atoms with Crippen LogP contribution in [0, 0.1) is 11.3 Å². The maximum absolute atomic E-state index is 9.25. The van der Waals surface area contributed by atoms with Gasteiger partial charge in [-0.05, 0) is 37.1 Å². The zero-order chi connectivity index (χ0) is 13.5. The van der Waals surface area contributed by atoms with Gasteiger partial charge in [0.1, 0.15) is 6.07 Å². The summed E-state index contributed by atoms with van der Waals surface area (Å²) in [4.78, 5) is 1.07. The molecule has 1 aliphatic rings. The highest BCUT2D eigenvalue weighted by atomic mass is 32.2. The number of ether oxygens (including phenoxy) is 1. The molecular weight excluding hydrogens is 256 g/mol. The summed E-state index contributed by atoms with van der Waals surface area (Å²) < 4.78 is 5.61. The van der Waals surface area contributed by atoms with Gasteiger partial charge >= 0.3 is 0 Å². The van der Waals surface area contributed by atoms with Crippen LogP contribution in [0.25, 0.3) is 0 Å². The Morgan fingerprint density at radius 1 is 1.53 bits per heavy atom. The van der Waals surface area contributed by atoms with Crippen LogP contribution in [0.4, 0.5) is 0 Å². The van der Waals surface area contributed by atoms with E-state index in [9.17, 15) is 5.26 Å². The Labute approximate surface area is 119 Å². The zero-order valence-corrected chi connectivity index (χ0v) is 12.1. The first-order chi connectivity index (χ1) is 9.33. The summed E-state index contributed by atoms with van der Waals surface area (Å²) in [6.07, 6.45) is 2.67. The quantitative estimate of drug-likeness (QED) is 0.811. The van der Waals surface area contributed by atoms with Crippen LogP contribution < -0.4 is 5.32 Å². The van der Waals surface area contributed by atoms with Crippen molar-refractivity contribution < 1.29 is 4.74 Å². The van der Waals surface area contributed by atoms with Crippen molar-refractivity contribution >= 4 is 11.8 Å². The van der Waals surface area contributed by atoms with Gasteiger partial charge in [0.05, 0.1) is 11.7 Å². The molecule has 0 radical (unpaired) electrons. The molecule has 1 atom stereocenters. The maximum atomic E-state index is 9.25. The van der Waals surface area contributed by atoms with Gasteiger partial charge in [-0.15, -0.1) is 11.8 Å². The SMILES string of the molecule is CCNCc1ccc(SCC2CCCO2)c(C#N)c1. The van der Waals surface area contributed by atoms with Gasteiger partial charge in [0.15, 0.2) is 0 Å². The fourth-order valence-electron chi connectivity index (χ4n) is 2.13. The van der Waals surface area contributed by atoms with E-state index >= 15 is 0 Å². The third-order valence-electron chi connectivity index (χ3n) is 3.19. The molecule has 1 unspecified atom stereocenters. The Kier molecular flexibility index (Phi) is 5.71. The molecule has 1 N–H and O–H groups in total. The Morgan fingerprint density at radius 3 is 3.11 bits per heavy atom. The summed E-state index contributed by atoms with van der Waals surface area (Å²) in [6.45, 7) is 4.73. The Bertz CT molecular complexity index is 450. The smallest absolute Gasteiger partial charge is 0.100 e. The highest BCUT2D eigenvalue weighted by Crippen LogP contribution is 2.27. The third kappa shape index (κ3) is 4.24. The lowest BCUT2D eigenvalue weighted by molar-refractivity contribution is 0.129. The van der Waals surface area contributed by atoms with E-state index in [0.717, 1.165) is 48.7 Å². The second kappa shape index (κ2) is 7.54. The van der Waals surface area contributed by atoms with E-state index in [0.29, 0.717) is 6.10 Å². The lowest BCUT2D eigenvalue weighted by Crippen LogP contribution is -2.12. The second-order valence-corrected chi connectivity index (χ2v) is 5.73. The number of hydrogen-bond acceptors (Lipinski definition) is 4. The molecule has 0 aromatic heterocycles. The topological polar surface area (TPSA) is 45.0 Å². The lowest BCUT2D eigenvalue weighted by atomic mass is 10.1. The normalized spacial score (nSPS) is 18.4. The van der Waals surface area contributed by atoms with Gasteiger partial charge in [-0.3, -0.25) is 0 Å². The van der Waals surface area contributed by atoms with Crippen LogP contribution in [0.1, 0.15) is 30.9 Å². The molecule has 4 heteroatoms. The van der Waals surface area contributed by atoms with Crippen LogP contribution in [0.2, 0.25) is 0 Å². The van der Waals surface area contributed by atoms with E-state index in [-0.39, 0.29) is 0 Å². The van der Waals surface area contributed by atoms with Gasteiger partial charge in [-0.2, -0.15) is 5.26 Å². The molecule has 1 saturated heterocycles. The Morgan fingerprint density at radius 2 is 2.42 bits per heavy atom. The standard InChI is InChI=1S/C15H20N2OS/c1-2-17-10-12-5-6-15(13(8-12)9-16)19-11-14-4-3-7-18-14/h5-6,8,14,17H,2-4,7,10-11H2,1H3. The molecule has 0 aliphatic carbocycles. The van der Waals surface area contributed by atoms with Crippen molar-refractivity contribution in [3.05, 3.63) is 29.3 Å². The molecule has 1 fully saturated rings. The molecule has 0 spiro atoms. The van der Waals surface area contributed by atoms with Gasteiger partial charge in [-0.25, -0.2) is 0 Å². The average molecular weight is 276 g/mol. The number of hydrogen-bond donors (Lipinski definition) is 1.